The Morgan fingerprint density at radius 3 is 0.833 bits per heavy atom. The van der Waals surface area contributed by atoms with Crippen LogP contribution in [0.1, 0.15) is 0 Å². The van der Waals surface area contributed by atoms with E-state index in [0.717, 1.165) is 0 Å². The second-order valence-electron chi connectivity index (χ2n) is 0. The molecule has 0 aliphatic carbocycles. The smallest absolute Gasteiger partial charge is 0 e. The van der Waals surface area contributed by atoms with Crippen molar-refractivity contribution in [2.24, 2.45) is 0 Å². The van der Waals surface area contributed by atoms with Crippen LogP contribution in [0.15, 0.2) is 0 Å². The molecule has 0 N–H and O–H groups in total. The summed E-state index contributed by atoms with van der Waals surface area (Å²) in [6.07, 6.45) is 0. The van der Waals surface area contributed by atoms with E-state index in [4.69, 9.17) is 0 Å². The normalized spacial score (nSPS) is 0. The van der Waals surface area contributed by atoms with E-state index in [1.165, 1.54) is 0 Å². The first-order chi connectivity index (χ1) is 0. The summed E-state index contributed by atoms with van der Waals surface area (Å²) in [5, 5.41) is 0. The summed E-state index contributed by atoms with van der Waals surface area (Å²) >= 11 is 0. The van der Waals surface area contributed by atoms with Crippen LogP contribution in [0.4, 0.5) is 9.41 Å². The van der Waals surface area contributed by atoms with Crippen LogP contribution in [0.3, 0.4) is 0 Å². The standard InChI is InChI=1S/2FH.Gd.Lu.Na.Y.H/h2*1H;;;;;. The summed E-state index contributed by atoms with van der Waals surface area (Å²) in [5.74, 6) is 0. The van der Waals surface area contributed by atoms with Gasteiger partial charge in [-0.1, -0.05) is 0 Å². The van der Waals surface area contributed by atoms with Crippen molar-refractivity contribution in [3.63, 3.8) is 0 Å². The molecular formula is H3F2GdLuNaY. The van der Waals surface area contributed by atoms with Crippen LogP contribution in [0.2, 0.25) is 0 Å². The van der Waals surface area contributed by atoms with E-state index in [1.807, 2.05) is 0 Å². The zero-order chi connectivity index (χ0) is 0. The van der Waals surface area contributed by atoms with Gasteiger partial charge in [0, 0.05) is 110 Å². The molecule has 0 atom stereocenters. The van der Waals surface area contributed by atoms with Crippen LogP contribution in [-0.4, -0.2) is 29.6 Å². The second-order valence-corrected chi connectivity index (χ2v) is 0. The Morgan fingerprint density at radius 1 is 0.833 bits per heavy atom. The van der Waals surface area contributed by atoms with Crippen molar-refractivity contribution >= 4 is 29.6 Å². The summed E-state index contributed by atoms with van der Waals surface area (Å²) < 4.78 is 0. The molecule has 44 valence electrons. The maximum Gasteiger partial charge on any atom is 0 e. The van der Waals surface area contributed by atoms with Gasteiger partial charge >= 0.3 is 29.6 Å². The number of hydrogen-bond acceptors (Lipinski definition) is 0. The topological polar surface area (TPSA) is 0 Å². The molecule has 0 nitrogen and oxygen atoms in total. The first-order valence-corrected chi connectivity index (χ1v) is 0. The molecule has 0 aromatic rings. The molecule has 0 aliphatic rings. The Bertz CT molecular complexity index is 13.5. The Labute approximate surface area is 144 Å². The van der Waals surface area contributed by atoms with Crippen LogP contribution in [-0.2, 0) is 32.7 Å². The van der Waals surface area contributed by atoms with Crippen molar-refractivity contribution in [1.29, 1.82) is 0 Å². The van der Waals surface area contributed by atoms with Crippen molar-refractivity contribution in [3.8, 4) is 0 Å². The summed E-state index contributed by atoms with van der Waals surface area (Å²) in [7, 11) is 0. The van der Waals surface area contributed by atoms with Gasteiger partial charge in [0.2, 0.25) is 0 Å². The average Bonchev–Trinajstić information content (AvgIpc) is 0. The Hall–Kier alpha value is 4.52. The molecule has 0 spiro atoms. The van der Waals surface area contributed by atoms with Crippen molar-refractivity contribution < 1.29 is 119 Å². The minimum atomic E-state index is 0. The fourth-order valence-electron chi connectivity index (χ4n) is 0. The molecule has 2 radical (unpaired) electrons. The zero-order valence-electron chi connectivity index (χ0n) is 2.01. The van der Waals surface area contributed by atoms with Crippen LogP contribution in [0, 0.1) is 76.8 Å². The van der Waals surface area contributed by atoms with E-state index in [9.17, 15) is 0 Å². The maximum absolute atomic E-state index is 0. The molecule has 6 heteroatoms. The van der Waals surface area contributed by atoms with Gasteiger partial charge in [-0.2, -0.15) is 0 Å². The monoisotopic (exact) mass is 486 g/mol. The second kappa shape index (κ2) is 33.8. The van der Waals surface area contributed by atoms with Crippen molar-refractivity contribution in [2.75, 3.05) is 0 Å². The molecule has 0 saturated heterocycles. The maximum atomic E-state index is 0. The number of halogens is 2. The van der Waals surface area contributed by atoms with E-state index in [-0.39, 0.29) is 148 Å². The van der Waals surface area contributed by atoms with Crippen LogP contribution < -0.4 is 0 Å². The van der Waals surface area contributed by atoms with Gasteiger partial charge in [0.25, 0.3) is 0 Å². The summed E-state index contributed by atoms with van der Waals surface area (Å²) in [5.41, 5.74) is 0. The molecule has 0 unspecified atom stereocenters. The van der Waals surface area contributed by atoms with Gasteiger partial charge in [-0.3, -0.25) is 9.41 Å². The van der Waals surface area contributed by atoms with Gasteiger partial charge < -0.3 is 0 Å². The molecule has 0 heterocycles. The molecule has 0 aromatic heterocycles. The van der Waals surface area contributed by atoms with E-state index in [0.29, 0.717) is 0 Å². The summed E-state index contributed by atoms with van der Waals surface area (Å²) in [4.78, 5) is 0. The molecule has 6 heavy (non-hydrogen) atoms. The molecule has 0 rings (SSSR count). The van der Waals surface area contributed by atoms with Gasteiger partial charge in [-0.05, 0) is 0 Å². The van der Waals surface area contributed by atoms with Crippen molar-refractivity contribution in [3.05, 3.63) is 0 Å². The Balaban J connectivity index is 0. The summed E-state index contributed by atoms with van der Waals surface area (Å²) in [6, 6.07) is 0. The van der Waals surface area contributed by atoms with Gasteiger partial charge in [0.15, 0.2) is 0 Å². The van der Waals surface area contributed by atoms with E-state index in [1.54, 1.807) is 0 Å². The SMILES string of the molecule is F.F.[Gd].[Lu].[NaH].[Y]. The van der Waals surface area contributed by atoms with E-state index in [2.05, 4.69) is 0 Å². The average molecular weight is 485 g/mol. The molecule has 0 saturated carbocycles. The van der Waals surface area contributed by atoms with E-state index >= 15 is 0 Å². The van der Waals surface area contributed by atoms with Crippen LogP contribution >= 0.6 is 0 Å². The molecule has 0 aromatic carbocycles. The largest absolute Gasteiger partial charge is 0 e. The first-order valence-electron chi connectivity index (χ1n) is 0. The van der Waals surface area contributed by atoms with Crippen LogP contribution in [0.5, 0.6) is 0 Å². The third kappa shape index (κ3) is 23.6. The molecule has 0 bridgehead atoms. The van der Waals surface area contributed by atoms with Gasteiger partial charge in [0.05, 0.1) is 0 Å². The van der Waals surface area contributed by atoms with Crippen LogP contribution in [0.25, 0.3) is 0 Å². The first kappa shape index (κ1) is 46.7. The molecular weight excluding hydrogens is 482 g/mol. The van der Waals surface area contributed by atoms with E-state index < -0.39 is 0 Å². The third-order valence-electron chi connectivity index (χ3n) is 0. The quantitative estimate of drug-likeness (QED) is 0.412. The zero-order valence-corrected chi connectivity index (χ0v) is 8.77. The van der Waals surface area contributed by atoms with Crippen molar-refractivity contribution in [2.45, 2.75) is 0 Å². The minimum Gasteiger partial charge on any atom is 0 e. The minimum absolute atomic E-state index is 0. The van der Waals surface area contributed by atoms with Gasteiger partial charge in [-0.15, -0.1) is 0 Å². The predicted molar refractivity (Wildman–Crippen MR) is 12.2 cm³/mol. The van der Waals surface area contributed by atoms with Gasteiger partial charge in [-0.25, -0.2) is 0 Å². The summed E-state index contributed by atoms with van der Waals surface area (Å²) in [6.45, 7) is 0. The number of hydrogen-bond donors (Lipinski definition) is 0. The van der Waals surface area contributed by atoms with Crippen molar-refractivity contribution in [1.82, 2.24) is 0 Å². The predicted octanol–water partition coefficient (Wildman–Crippen LogP) is -0.346. The third-order valence-corrected chi connectivity index (χ3v) is 0. The fourth-order valence-corrected chi connectivity index (χ4v) is 0. The number of rotatable bonds is 0. The van der Waals surface area contributed by atoms with Gasteiger partial charge in [0.1, 0.15) is 0 Å². The molecule has 0 fully saturated rings. The Morgan fingerprint density at radius 2 is 0.833 bits per heavy atom. The molecule has 0 aliphatic heterocycles. The Kier molecular flexibility index (Phi) is 263. The fraction of sp³-hybridized carbons (Fsp3) is 0. The molecule has 0 amide bonds.